The van der Waals surface area contributed by atoms with Crippen molar-refractivity contribution in [2.45, 2.75) is 19.3 Å². The molecule has 1 N–H and O–H groups in total. The highest BCUT2D eigenvalue weighted by atomic mass is 15.4. The van der Waals surface area contributed by atoms with Crippen LogP contribution >= 0.6 is 0 Å². The van der Waals surface area contributed by atoms with Crippen LogP contribution in [0.15, 0.2) is 0 Å². The van der Waals surface area contributed by atoms with E-state index >= 15 is 0 Å². The van der Waals surface area contributed by atoms with Crippen LogP contribution in [0.2, 0.25) is 0 Å². The molecule has 4 nitrogen and oxygen atoms in total. The van der Waals surface area contributed by atoms with Crippen molar-refractivity contribution in [3.05, 3.63) is 11.4 Å². The van der Waals surface area contributed by atoms with Crippen molar-refractivity contribution in [2.75, 3.05) is 13.6 Å². The molecule has 1 aromatic heterocycles. The third kappa shape index (κ3) is 1.58. The van der Waals surface area contributed by atoms with E-state index in [9.17, 15) is 0 Å². The lowest BCUT2D eigenvalue weighted by Crippen LogP contribution is -2.25. The molecular formula is C9H16N4. The van der Waals surface area contributed by atoms with Gasteiger partial charge in [0.1, 0.15) is 0 Å². The van der Waals surface area contributed by atoms with Crippen molar-refractivity contribution in [2.24, 2.45) is 13.0 Å². The van der Waals surface area contributed by atoms with Gasteiger partial charge >= 0.3 is 0 Å². The molecule has 0 aliphatic heterocycles. The highest BCUT2D eigenvalue weighted by molar-refractivity contribution is 5.14. The zero-order chi connectivity index (χ0) is 9.26. The molecule has 2 rings (SSSR count). The molecule has 1 aliphatic carbocycles. The summed E-state index contributed by atoms with van der Waals surface area (Å²) in [6.07, 6.45) is 3.46. The minimum atomic E-state index is 0.759. The maximum Gasteiger partial charge on any atom is 0.0859 e. The standard InChI is InChI=1S/C9H16N4/c1-10-6-7-3-4-8-9(5-7)13(2)12-11-8/h7,10H,3-6H2,1-2H3. The summed E-state index contributed by atoms with van der Waals surface area (Å²) < 4.78 is 1.91. The van der Waals surface area contributed by atoms with Crippen molar-refractivity contribution < 1.29 is 0 Å². The van der Waals surface area contributed by atoms with Crippen molar-refractivity contribution >= 4 is 0 Å². The Kier molecular flexibility index (Phi) is 2.31. The second-order valence-electron chi connectivity index (χ2n) is 3.77. The van der Waals surface area contributed by atoms with E-state index in [0.29, 0.717) is 0 Å². The lowest BCUT2D eigenvalue weighted by Gasteiger charge is -2.20. The molecule has 0 amide bonds. The van der Waals surface area contributed by atoms with Crippen LogP contribution in [0.1, 0.15) is 17.8 Å². The van der Waals surface area contributed by atoms with E-state index in [1.807, 2.05) is 18.8 Å². The number of nitrogens with zero attached hydrogens (tertiary/aromatic N) is 3. The van der Waals surface area contributed by atoms with Crippen LogP contribution in [-0.4, -0.2) is 28.6 Å². The van der Waals surface area contributed by atoms with Crippen LogP contribution in [0, 0.1) is 5.92 Å². The summed E-state index contributed by atoms with van der Waals surface area (Å²) >= 11 is 0. The summed E-state index contributed by atoms with van der Waals surface area (Å²) in [6.45, 7) is 1.10. The molecule has 72 valence electrons. The molecule has 0 saturated carbocycles. The Balaban J connectivity index is 2.13. The molecule has 0 saturated heterocycles. The van der Waals surface area contributed by atoms with Crippen LogP contribution in [0.25, 0.3) is 0 Å². The highest BCUT2D eigenvalue weighted by Crippen LogP contribution is 2.22. The van der Waals surface area contributed by atoms with Crippen LogP contribution in [0.4, 0.5) is 0 Å². The number of hydrogen-bond donors (Lipinski definition) is 1. The average molecular weight is 180 g/mol. The van der Waals surface area contributed by atoms with Gasteiger partial charge < -0.3 is 5.32 Å². The molecule has 0 bridgehead atoms. The highest BCUT2D eigenvalue weighted by Gasteiger charge is 2.22. The summed E-state index contributed by atoms with van der Waals surface area (Å²) in [5.74, 6) is 0.759. The van der Waals surface area contributed by atoms with Crippen molar-refractivity contribution in [3.8, 4) is 0 Å². The first kappa shape index (κ1) is 8.69. The Morgan fingerprint density at radius 3 is 3.23 bits per heavy atom. The number of fused-ring (bicyclic) bond motifs is 1. The normalized spacial score (nSPS) is 21.5. The van der Waals surface area contributed by atoms with Gasteiger partial charge in [-0.2, -0.15) is 0 Å². The Labute approximate surface area is 78.3 Å². The first-order chi connectivity index (χ1) is 6.31. The predicted octanol–water partition coefficient (Wildman–Crippen LogP) is 0.139. The van der Waals surface area contributed by atoms with Crippen molar-refractivity contribution in [3.63, 3.8) is 0 Å². The van der Waals surface area contributed by atoms with E-state index < -0.39 is 0 Å². The molecule has 1 aliphatic rings. The van der Waals surface area contributed by atoms with E-state index in [1.54, 1.807) is 0 Å². The number of hydrogen-bond acceptors (Lipinski definition) is 3. The minimum absolute atomic E-state index is 0.759. The zero-order valence-electron chi connectivity index (χ0n) is 8.25. The topological polar surface area (TPSA) is 42.7 Å². The Bertz CT molecular complexity index is 292. The van der Waals surface area contributed by atoms with Crippen molar-refractivity contribution in [1.82, 2.24) is 20.3 Å². The van der Waals surface area contributed by atoms with E-state index in [2.05, 4.69) is 15.6 Å². The second-order valence-corrected chi connectivity index (χ2v) is 3.77. The molecule has 1 aromatic rings. The minimum Gasteiger partial charge on any atom is -0.319 e. The van der Waals surface area contributed by atoms with Gasteiger partial charge in [-0.25, -0.2) is 0 Å². The second kappa shape index (κ2) is 3.46. The van der Waals surface area contributed by atoms with E-state index in [0.717, 1.165) is 25.3 Å². The fourth-order valence-corrected chi connectivity index (χ4v) is 2.04. The smallest absolute Gasteiger partial charge is 0.0859 e. The average Bonchev–Trinajstić information content (AvgIpc) is 2.49. The van der Waals surface area contributed by atoms with E-state index in [-0.39, 0.29) is 0 Å². The molecule has 1 atom stereocenters. The van der Waals surface area contributed by atoms with Crippen LogP contribution in [0.3, 0.4) is 0 Å². The fourth-order valence-electron chi connectivity index (χ4n) is 2.04. The molecule has 0 fully saturated rings. The van der Waals surface area contributed by atoms with Gasteiger partial charge in [-0.3, -0.25) is 4.68 Å². The number of rotatable bonds is 2. The molecule has 0 aromatic carbocycles. The summed E-state index contributed by atoms with van der Waals surface area (Å²) in [6, 6.07) is 0. The molecule has 1 heterocycles. The van der Waals surface area contributed by atoms with Gasteiger partial charge in [-0.1, -0.05) is 5.21 Å². The number of aryl methyl sites for hydroxylation is 2. The fraction of sp³-hybridized carbons (Fsp3) is 0.778. The first-order valence-electron chi connectivity index (χ1n) is 4.83. The molecule has 13 heavy (non-hydrogen) atoms. The van der Waals surface area contributed by atoms with E-state index in [1.165, 1.54) is 17.8 Å². The van der Waals surface area contributed by atoms with Gasteiger partial charge in [0.2, 0.25) is 0 Å². The maximum absolute atomic E-state index is 4.14. The van der Waals surface area contributed by atoms with Crippen LogP contribution in [0.5, 0.6) is 0 Å². The lowest BCUT2D eigenvalue weighted by molar-refractivity contribution is 0.426. The number of aromatic nitrogens is 3. The Hall–Kier alpha value is -0.900. The third-order valence-electron chi connectivity index (χ3n) is 2.79. The Morgan fingerprint density at radius 1 is 1.62 bits per heavy atom. The van der Waals surface area contributed by atoms with Crippen LogP contribution in [-0.2, 0) is 19.9 Å². The summed E-state index contributed by atoms with van der Waals surface area (Å²) in [5, 5.41) is 11.4. The molecule has 1 unspecified atom stereocenters. The SMILES string of the molecule is CNCC1CCc2nnn(C)c2C1. The zero-order valence-corrected chi connectivity index (χ0v) is 8.25. The summed E-state index contributed by atoms with van der Waals surface area (Å²) in [5.41, 5.74) is 2.53. The molecule has 4 heteroatoms. The van der Waals surface area contributed by atoms with Crippen LogP contribution < -0.4 is 5.32 Å². The van der Waals surface area contributed by atoms with Gasteiger partial charge in [0, 0.05) is 7.05 Å². The Morgan fingerprint density at radius 2 is 2.46 bits per heavy atom. The third-order valence-corrected chi connectivity index (χ3v) is 2.79. The van der Waals surface area contributed by atoms with Crippen molar-refractivity contribution in [1.29, 1.82) is 0 Å². The van der Waals surface area contributed by atoms with Gasteiger partial charge in [0.05, 0.1) is 11.4 Å². The predicted molar refractivity (Wildman–Crippen MR) is 50.4 cm³/mol. The number of nitrogens with one attached hydrogen (secondary N) is 1. The monoisotopic (exact) mass is 180 g/mol. The van der Waals surface area contributed by atoms with Gasteiger partial charge in [0.25, 0.3) is 0 Å². The molecule has 0 radical (unpaired) electrons. The van der Waals surface area contributed by atoms with Gasteiger partial charge in [0.15, 0.2) is 0 Å². The molecule has 0 spiro atoms. The maximum atomic E-state index is 4.14. The quantitative estimate of drug-likeness (QED) is 0.704. The van der Waals surface area contributed by atoms with Gasteiger partial charge in [-0.05, 0) is 38.8 Å². The molecular weight excluding hydrogens is 164 g/mol. The lowest BCUT2D eigenvalue weighted by atomic mass is 9.90. The summed E-state index contributed by atoms with van der Waals surface area (Å²) in [7, 11) is 3.99. The van der Waals surface area contributed by atoms with Gasteiger partial charge in [-0.15, -0.1) is 5.10 Å². The summed E-state index contributed by atoms with van der Waals surface area (Å²) in [4.78, 5) is 0. The largest absolute Gasteiger partial charge is 0.319 e. The first-order valence-corrected chi connectivity index (χ1v) is 4.83. The van der Waals surface area contributed by atoms with E-state index in [4.69, 9.17) is 0 Å².